The molecule has 3 nitrogen and oxygen atoms in total. The van der Waals surface area contributed by atoms with E-state index in [0.717, 1.165) is 24.2 Å². The van der Waals surface area contributed by atoms with Crippen LogP contribution in [-0.2, 0) is 0 Å². The van der Waals surface area contributed by atoms with Crippen LogP contribution in [0.5, 0.6) is 5.75 Å². The summed E-state index contributed by atoms with van der Waals surface area (Å²) < 4.78 is 6.05. The molecule has 4 heteroatoms. The second-order valence-electron chi connectivity index (χ2n) is 5.01. The number of aliphatic hydroxyl groups is 1. The number of hydrogen-bond acceptors (Lipinski definition) is 3. The molecule has 0 spiro atoms. The lowest BCUT2D eigenvalue weighted by Gasteiger charge is -2.22. The van der Waals surface area contributed by atoms with Gasteiger partial charge in [0.1, 0.15) is 11.9 Å². The zero-order valence-corrected chi connectivity index (χ0v) is 13.1. The van der Waals surface area contributed by atoms with E-state index in [-0.39, 0.29) is 6.10 Å². The average Bonchev–Trinajstić information content (AvgIpc) is 2.54. The Kier molecular flexibility index (Phi) is 5.83. The highest BCUT2D eigenvalue weighted by atomic mass is 35.5. The van der Waals surface area contributed by atoms with Crippen molar-refractivity contribution < 1.29 is 9.84 Å². The smallest absolute Gasteiger partial charge is 0.166 e. The first-order chi connectivity index (χ1) is 10.7. The molecule has 2 aromatic carbocycles. The molecule has 0 aliphatic carbocycles. The van der Waals surface area contributed by atoms with Gasteiger partial charge < -0.3 is 9.84 Å². The fourth-order valence-electron chi connectivity index (χ4n) is 2.35. The molecule has 2 rings (SSSR count). The number of rotatable bonds is 6. The van der Waals surface area contributed by atoms with Crippen molar-refractivity contribution in [2.45, 2.75) is 32.0 Å². The van der Waals surface area contributed by atoms with Crippen LogP contribution in [0, 0.1) is 11.3 Å². The largest absolute Gasteiger partial charge is 0.486 e. The van der Waals surface area contributed by atoms with Crippen molar-refractivity contribution in [2.24, 2.45) is 0 Å². The van der Waals surface area contributed by atoms with E-state index in [2.05, 4.69) is 6.92 Å². The highest BCUT2D eigenvalue weighted by Gasteiger charge is 2.21. The van der Waals surface area contributed by atoms with Crippen molar-refractivity contribution in [3.8, 4) is 11.8 Å². The third-order valence-electron chi connectivity index (χ3n) is 3.38. The number of aliphatic hydroxyl groups excluding tert-OH is 1. The molecule has 0 radical (unpaired) electrons. The molecule has 0 aliphatic rings. The fraction of sp³-hybridized carbons (Fsp3) is 0.278. The summed E-state index contributed by atoms with van der Waals surface area (Å²) in [4.78, 5) is 0. The molecule has 2 atom stereocenters. The van der Waals surface area contributed by atoms with Gasteiger partial charge in [-0.1, -0.05) is 49.2 Å². The molecule has 0 saturated carbocycles. The monoisotopic (exact) mass is 315 g/mol. The van der Waals surface area contributed by atoms with E-state index < -0.39 is 6.10 Å². The van der Waals surface area contributed by atoms with Gasteiger partial charge in [-0.2, -0.15) is 5.26 Å². The van der Waals surface area contributed by atoms with E-state index in [0.29, 0.717) is 10.6 Å². The highest BCUT2D eigenvalue weighted by molar-refractivity contribution is 6.30. The summed E-state index contributed by atoms with van der Waals surface area (Å²) in [6.45, 7) is 2.06. The quantitative estimate of drug-likeness (QED) is 0.778. The number of nitrogens with zero attached hydrogens (tertiary/aromatic N) is 1. The van der Waals surface area contributed by atoms with Crippen molar-refractivity contribution in [1.82, 2.24) is 0 Å². The molecule has 114 valence electrons. The van der Waals surface area contributed by atoms with E-state index in [9.17, 15) is 5.11 Å². The van der Waals surface area contributed by atoms with Crippen LogP contribution in [0.25, 0.3) is 0 Å². The number of para-hydroxylation sites is 1. The highest BCUT2D eigenvalue weighted by Crippen LogP contribution is 2.32. The van der Waals surface area contributed by atoms with E-state index in [4.69, 9.17) is 21.6 Å². The average molecular weight is 316 g/mol. The Morgan fingerprint density at radius 2 is 1.91 bits per heavy atom. The van der Waals surface area contributed by atoms with Crippen LogP contribution in [0.3, 0.4) is 0 Å². The van der Waals surface area contributed by atoms with Crippen molar-refractivity contribution in [3.63, 3.8) is 0 Å². The summed E-state index contributed by atoms with van der Waals surface area (Å²) >= 11 is 6.09. The van der Waals surface area contributed by atoms with Gasteiger partial charge in [-0.15, -0.1) is 0 Å². The van der Waals surface area contributed by atoms with Crippen LogP contribution < -0.4 is 4.74 Å². The SMILES string of the molecule is CCCC(Oc1ccccc1)c1cc(Cl)ccc1[C@@H](O)C#N. The molecule has 0 bridgehead atoms. The maximum absolute atomic E-state index is 9.92. The molecular formula is C18H18ClNO2. The predicted molar refractivity (Wildman–Crippen MR) is 86.7 cm³/mol. The third kappa shape index (κ3) is 4.00. The number of halogens is 1. The first-order valence-electron chi connectivity index (χ1n) is 7.24. The maximum Gasteiger partial charge on any atom is 0.166 e. The lowest BCUT2D eigenvalue weighted by molar-refractivity contribution is 0.183. The Hall–Kier alpha value is -2.02. The van der Waals surface area contributed by atoms with Gasteiger partial charge in [0, 0.05) is 16.1 Å². The van der Waals surface area contributed by atoms with Crippen LogP contribution in [0.15, 0.2) is 48.5 Å². The van der Waals surface area contributed by atoms with E-state index in [1.165, 1.54) is 0 Å². The van der Waals surface area contributed by atoms with Gasteiger partial charge in [-0.05, 0) is 30.7 Å². The van der Waals surface area contributed by atoms with Gasteiger partial charge in [-0.25, -0.2) is 0 Å². The number of hydrogen-bond donors (Lipinski definition) is 1. The van der Waals surface area contributed by atoms with Gasteiger partial charge in [0.25, 0.3) is 0 Å². The zero-order chi connectivity index (χ0) is 15.9. The minimum absolute atomic E-state index is 0.260. The molecule has 0 heterocycles. The summed E-state index contributed by atoms with van der Waals surface area (Å²) in [5.74, 6) is 0.748. The molecule has 0 aromatic heterocycles. The third-order valence-corrected chi connectivity index (χ3v) is 3.62. The van der Waals surface area contributed by atoms with Crippen LogP contribution in [0.2, 0.25) is 5.02 Å². The molecule has 22 heavy (non-hydrogen) atoms. The number of nitriles is 1. The minimum Gasteiger partial charge on any atom is -0.486 e. The Bertz CT molecular complexity index is 652. The predicted octanol–water partition coefficient (Wildman–Crippen LogP) is 4.82. The Balaban J connectivity index is 2.39. The summed E-state index contributed by atoms with van der Waals surface area (Å²) in [5.41, 5.74) is 1.30. The van der Waals surface area contributed by atoms with Gasteiger partial charge in [0.15, 0.2) is 6.10 Å². The molecule has 2 aromatic rings. The maximum atomic E-state index is 9.92. The summed E-state index contributed by atoms with van der Waals surface area (Å²) in [5, 5.41) is 19.5. The molecule has 1 N–H and O–H groups in total. The van der Waals surface area contributed by atoms with E-state index >= 15 is 0 Å². The van der Waals surface area contributed by atoms with E-state index in [1.807, 2.05) is 36.4 Å². The lowest BCUT2D eigenvalue weighted by Crippen LogP contribution is -2.12. The number of benzene rings is 2. The van der Waals surface area contributed by atoms with Gasteiger partial charge >= 0.3 is 0 Å². The first kappa shape index (κ1) is 16.4. The van der Waals surface area contributed by atoms with Crippen molar-refractivity contribution in [2.75, 3.05) is 0 Å². The summed E-state index contributed by atoms with van der Waals surface area (Å²) in [6.07, 6.45) is 0.224. The lowest BCUT2D eigenvalue weighted by atomic mass is 9.96. The van der Waals surface area contributed by atoms with Crippen LogP contribution >= 0.6 is 11.6 Å². The standard InChI is InChI=1S/C18H18ClNO2/c1-2-6-18(22-14-7-4-3-5-8-14)16-11-13(19)9-10-15(16)17(21)12-20/h3-5,7-11,17-18,21H,2,6H2,1H3/t17-,18?/m0/s1. The van der Waals surface area contributed by atoms with Crippen LogP contribution in [-0.4, -0.2) is 5.11 Å². The minimum atomic E-state index is -1.19. The summed E-state index contributed by atoms with van der Waals surface area (Å²) in [6, 6.07) is 16.5. The number of ether oxygens (including phenoxy) is 1. The Morgan fingerprint density at radius 1 is 1.18 bits per heavy atom. The van der Waals surface area contributed by atoms with Gasteiger partial charge in [0.05, 0.1) is 6.07 Å². The Labute approximate surface area is 135 Å². The topological polar surface area (TPSA) is 53.2 Å². The van der Waals surface area contributed by atoms with Crippen molar-refractivity contribution >= 4 is 11.6 Å². The molecule has 0 saturated heterocycles. The van der Waals surface area contributed by atoms with Crippen molar-refractivity contribution in [3.05, 3.63) is 64.7 Å². The van der Waals surface area contributed by atoms with E-state index in [1.54, 1.807) is 18.2 Å². The normalized spacial score (nSPS) is 13.2. The Morgan fingerprint density at radius 3 is 2.55 bits per heavy atom. The second-order valence-corrected chi connectivity index (χ2v) is 5.45. The van der Waals surface area contributed by atoms with Gasteiger partial charge in [0.2, 0.25) is 0 Å². The second kappa shape index (κ2) is 7.84. The summed E-state index contributed by atoms with van der Waals surface area (Å²) in [7, 11) is 0. The van der Waals surface area contributed by atoms with Gasteiger partial charge in [-0.3, -0.25) is 0 Å². The van der Waals surface area contributed by atoms with Crippen molar-refractivity contribution in [1.29, 1.82) is 5.26 Å². The first-order valence-corrected chi connectivity index (χ1v) is 7.62. The van der Waals surface area contributed by atoms with Crippen LogP contribution in [0.4, 0.5) is 0 Å². The molecular weight excluding hydrogens is 298 g/mol. The molecule has 1 unspecified atom stereocenters. The van der Waals surface area contributed by atoms with Crippen LogP contribution in [0.1, 0.15) is 43.1 Å². The fourth-order valence-corrected chi connectivity index (χ4v) is 2.53. The zero-order valence-electron chi connectivity index (χ0n) is 12.4. The molecule has 0 fully saturated rings. The molecule has 0 amide bonds. The molecule has 0 aliphatic heterocycles.